The summed E-state index contributed by atoms with van der Waals surface area (Å²) in [5.41, 5.74) is 1.74. The van der Waals surface area contributed by atoms with E-state index in [-0.39, 0.29) is 23.9 Å². The van der Waals surface area contributed by atoms with Crippen molar-refractivity contribution in [3.8, 4) is 28.1 Å². The molecule has 0 unspecified atom stereocenters. The monoisotopic (exact) mass is 496 g/mol. The number of nitrogens with one attached hydrogen (secondary N) is 1. The third-order valence-electron chi connectivity index (χ3n) is 7.26. The molecule has 2 aliphatic heterocycles. The number of nitrogens with zero attached hydrogens (tertiary/aromatic N) is 5. The Morgan fingerprint density at radius 2 is 1.91 bits per heavy atom. The zero-order chi connectivity index (χ0) is 24.1. The van der Waals surface area contributed by atoms with Crippen molar-refractivity contribution < 1.29 is 13.9 Å². The first-order valence-corrected chi connectivity index (χ1v) is 13.2. The van der Waals surface area contributed by atoms with Gasteiger partial charge < -0.3 is 15.3 Å². The number of phenolic OH excluding ortho intramolecular Hbond substituents is 1. The number of rotatable bonds is 6. The average Bonchev–Trinajstić information content (AvgIpc) is 3.62. The minimum atomic E-state index is -0.963. The molecular formula is C25H26F2N6OS. The first-order chi connectivity index (χ1) is 17.0. The Balaban J connectivity index is 1.27. The van der Waals surface area contributed by atoms with E-state index < -0.39 is 12.0 Å². The van der Waals surface area contributed by atoms with Crippen LogP contribution in [0.5, 0.6) is 5.75 Å². The van der Waals surface area contributed by atoms with Crippen molar-refractivity contribution in [2.24, 2.45) is 0 Å². The van der Waals surface area contributed by atoms with Gasteiger partial charge in [0.25, 0.3) is 0 Å². The zero-order valence-electron chi connectivity index (χ0n) is 19.2. The standard InChI is InChI=1S/C25H26F2N6OS/c1-35-23-10-17(18(26)11-28-23)13-2-6-16(22(34)8-13)20-12-29-25(32-31-20)33(15-4-5-15)21-9-14-3-7-19(30-14)24(21)27/h2,6,8,10-12,14-15,19,21,24,30,34H,3-5,7,9H2,1H3/t14-,19-,21+,24-/m0/s1. The first-order valence-electron chi connectivity index (χ1n) is 11.9. The van der Waals surface area contributed by atoms with E-state index in [1.54, 1.807) is 24.4 Å². The van der Waals surface area contributed by atoms with Gasteiger partial charge in [-0.05, 0) is 62.1 Å². The van der Waals surface area contributed by atoms with E-state index in [1.165, 1.54) is 24.0 Å². The fourth-order valence-electron chi connectivity index (χ4n) is 5.36. The maximum absolute atomic E-state index is 15.3. The van der Waals surface area contributed by atoms with Gasteiger partial charge in [-0.2, -0.15) is 0 Å². The van der Waals surface area contributed by atoms with Crippen LogP contribution in [0.2, 0.25) is 0 Å². The van der Waals surface area contributed by atoms with Crippen LogP contribution in [-0.4, -0.2) is 61.9 Å². The van der Waals surface area contributed by atoms with Gasteiger partial charge >= 0.3 is 0 Å². The molecular weight excluding hydrogens is 470 g/mol. The number of thioether (sulfide) groups is 1. The third kappa shape index (κ3) is 4.23. The number of piperidine rings is 1. The van der Waals surface area contributed by atoms with Crippen LogP contribution in [-0.2, 0) is 0 Å². The van der Waals surface area contributed by atoms with E-state index in [4.69, 9.17) is 0 Å². The highest BCUT2D eigenvalue weighted by atomic mass is 32.2. The van der Waals surface area contributed by atoms with Crippen molar-refractivity contribution in [2.75, 3.05) is 11.2 Å². The van der Waals surface area contributed by atoms with Crippen molar-refractivity contribution >= 4 is 17.7 Å². The van der Waals surface area contributed by atoms with E-state index in [1.807, 2.05) is 11.2 Å². The minimum Gasteiger partial charge on any atom is -0.507 e. The van der Waals surface area contributed by atoms with Gasteiger partial charge in [0.2, 0.25) is 5.95 Å². The molecule has 3 aliphatic rings. The Morgan fingerprint density at radius 3 is 2.63 bits per heavy atom. The number of pyridine rings is 1. The van der Waals surface area contributed by atoms with Gasteiger partial charge in [0.15, 0.2) is 0 Å². The maximum atomic E-state index is 15.3. The second kappa shape index (κ2) is 8.98. The first kappa shape index (κ1) is 22.6. The van der Waals surface area contributed by atoms with Gasteiger partial charge in [-0.15, -0.1) is 22.0 Å². The van der Waals surface area contributed by atoms with Crippen molar-refractivity contribution in [3.05, 3.63) is 42.5 Å². The second-order valence-corrected chi connectivity index (χ2v) is 10.3. The summed E-state index contributed by atoms with van der Waals surface area (Å²) in [5, 5.41) is 23.4. The number of anilines is 1. The lowest BCUT2D eigenvalue weighted by atomic mass is 9.96. The summed E-state index contributed by atoms with van der Waals surface area (Å²) in [7, 11) is 0. The summed E-state index contributed by atoms with van der Waals surface area (Å²) in [5.74, 6) is -0.0747. The quantitative estimate of drug-likeness (QED) is 0.487. The highest BCUT2D eigenvalue weighted by molar-refractivity contribution is 7.98. The fraction of sp³-hybridized carbons (Fsp3) is 0.440. The molecule has 2 aromatic heterocycles. The molecule has 0 radical (unpaired) electrons. The van der Waals surface area contributed by atoms with Crippen molar-refractivity contribution in [3.63, 3.8) is 0 Å². The molecule has 2 saturated heterocycles. The number of aromatic hydroxyl groups is 1. The Labute approximate surface area is 206 Å². The summed E-state index contributed by atoms with van der Waals surface area (Å²) >= 11 is 1.42. The van der Waals surface area contributed by atoms with Gasteiger partial charge in [0.1, 0.15) is 23.4 Å². The molecule has 182 valence electrons. The molecule has 4 heterocycles. The van der Waals surface area contributed by atoms with Crippen molar-refractivity contribution in [2.45, 2.75) is 67.5 Å². The van der Waals surface area contributed by atoms with Crippen molar-refractivity contribution in [1.82, 2.24) is 25.5 Å². The molecule has 4 atom stereocenters. The number of alkyl halides is 1. The number of hydrogen-bond acceptors (Lipinski definition) is 8. The smallest absolute Gasteiger partial charge is 0.245 e. The summed E-state index contributed by atoms with van der Waals surface area (Å²) in [6.07, 6.45) is 8.28. The normalized spacial score (nSPS) is 25.6. The molecule has 3 fully saturated rings. The SMILES string of the molecule is CSc1cc(-c2ccc(-c3cnc(N(C4CC4)[C@@H]4C[C@@H]5CC[C@H](N5)[C@@H]4F)nn3)c(O)c2)c(F)cn1. The lowest BCUT2D eigenvalue weighted by Crippen LogP contribution is -2.57. The van der Waals surface area contributed by atoms with Gasteiger partial charge in [0.05, 0.1) is 23.5 Å². The Bertz CT molecular complexity index is 1240. The van der Waals surface area contributed by atoms with Crippen LogP contribution in [0.15, 0.2) is 41.7 Å². The number of phenols is 1. The molecule has 3 aromatic rings. The van der Waals surface area contributed by atoms with E-state index in [0.29, 0.717) is 39.4 Å². The van der Waals surface area contributed by atoms with Crippen LogP contribution >= 0.6 is 11.8 Å². The summed E-state index contributed by atoms with van der Waals surface area (Å²) in [6.45, 7) is 0. The Hall–Kier alpha value is -2.85. The topological polar surface area (TPSA) is 87.1 Å². The lowest BCUT2D eigenvalue weighted by molar-refractivity contribution is 0.171. The van der Waals surface area contributed by atoms with Crippen LogP contribution in [0, 0.1) is 5.82 Å². The van der Waals surface area contributed by atoms with Gasteiger partial charge in [-0.3, -0.25) is 0 Å². The van der Waals surface area contributed by atoms with E-state index in [2.05, 4.69) is 25.5 Å². The highest BCUT2D eigenvalue weighted by Crippen LogP contribution is 2.40. The number of hydrogen-bond donors (Lipinski definition) is 2. The maximum Gasteiger partial charge on any atom is 0.245 e. The Morgan fingerprint density at radius 1 is 1.06 bits per heavy atom. The van der Waals surface area contributed by atoms with E-state index in [9.17, 15) is 9.50 Å². The van der Waals surface area contributed by atoms with Gasteiger partial charge in [-0.25, -0.2) is 18.7 Å². The summed E-state index contributed by atoms with van der Waals surface area (Å²) in [6, 6.07) is 6.81. The van der Waals surface area contributed by atoms with Crippen LogP contribution in [0.25, 0.3) is 22.4 Å². The molecule has 35 heavy (non-hydrogen) atoms. The van der Waals surface area contributed by atoms with Crippen molar-refractivity contribution in [1.29, 1.82) is 0 Å². The number of halogens is 2. The molecule has 2 bridgehead atoms. The predicted octanol–water partition coefficient (Wildman–Crippen LogP) is 4.37. The number of fused-ring (bicyclic) bond motifs is 2. The predicted molar refractivity (Wildman–Crippen MR) is 131 cm³/mol. The molecule has 6 rings (SSSR count). The largest absolute Gasteiger partial charge is 0.507 e. The summed E-state index contributed by atoms with van der Waals surface area (Å²) in [4.78, 5) is 10.6. The fourth-order valence-corrected chi connectivity index (χ4v) is 5.75. The van der Waals surface area contributed by atoms with Crippen LogP contribution < -0.4 is 10.2 Å². The third-order valence-corrected chi connectivity index (χ3v) is 7.90. The molecule has 0 spiro atoms. The molecule has 7 nitrogen and oxygen atoms in total. The van der Waals surface area contributed by atoms with Gasteiger partial charge in [-0.1, -0.05) is 6.07 Å². The molecule has 0 amide bonds. The molecule has 2 N–H and O–H groups in total. The van der Waals surface area contributed by atoms with Crippen LogP contribution in [0.3, 0.4) is 0 Å². The van der Waals surface area contributed by atoms with Gasteiger partial charge in [0, 0.05) is 29.3 Å². The molecule has 1 aliphatic carbocycles. The van der Waals surface area contributed by atoms with E-state index >= 15 is 4.39 Å². The van der Waals surface area contributed by atoms with E-state index in [0.717, 1.165) is 32.1 Å². The highest BCUT2D eigenvalue weighted by Gasteiger charge is 2.48. The second-order valence-electron chi connectivity index (χ2n) is 9.52. The lowest BCUT2D eigenvalue weighted by Gasteiger charge is -2.40. The van der Waals surface area contributed by atoms with Crippen LogP contribution in [0.4, 0.5) is 14.7 Å². The average molecular weight is 497 g/mol. The molecule has 10 heteroatoms. The minimum absolute atomic E-state index is 0.0499. The molecule has 1 aromatic carbocycles. The molecule has 1 saturated carbocycles. The number of benzene rings is 1. The Kier molecular flexibility index (Phi) is 5.80. The zero-order valence-corrected chi connectivity index (χ0v) is 20.1. The summed E-state index contributed by atoms with van der Waals surface area (Å²) < 4.78 is 29.6. The number of aromatic nitrogens is 4. The van der Waals surface area contributed by atoms with Crippen LogP contribution in [0.1, 0.15) is 32.1 Å².